The summed E-state index contributed by atoms with van der Waals surface area (Å²) in [4.78, 5) is 9.93. The summed E-state index contributed by atoms with van der Waals surface area (Å²) in [5.74, 6) is 0.977. The van der Waals surface area contributed by atoms with Crippen molar-refractivity contribution in [2.24, 2.45) is 0 Å². The van der Waals surface area contributed by atoms with E-state index in [0.717, 1.165) is 45.0 Å². The summed E-state index contributed by atoms with van der Waals surface area (Å²) >= 11 is 2.50. The van der Waals surface area contributed by atoms with E-state index in [1.54, 1.807) is 0 Å². The van der Waals surface area contributed by atoms with Crippen molar-refractivity contribution in [1.82, 2.24) is 9.97 Å². The standard InChI is InChI=1S/C21H17IN2O/c1-21(2)17(22)11-14-19-18(23-15-9-5-6-10-16(15)24-19)12-7-3-4-8-13(12)20(14)25-21/h3-10,17H,11H2,1-2H3. The SMILES string of the molecule is CC1(C)Oc2c(c3nc4ccccc4nc3c3ccccc23)CC1I. The van der Waals surface area contributed by atoms with Gasteiger partial charge in [-0.25, -0.2) is 9.97 Å². The molecule has 25 heavy (non-hydrogen) atoms. The Labute approximate surface area is 159 Å². The number of para-hydroxylation sites is 2. The molecule has 4 heteroatoms. The molecule has 0 fully saturated rings. The maximum absolute atomic E-state index is 6.49. The molecular formula is C21H17IN2O. The first kappa shape index (κ1) is 15.3. The Bertz CT molecular complexity index is 1150. The molecule has 1 aliphatic rings. The molecule has 4 aromatic rings. The number of ether oxygens (including phenoxy) is 1. The van der Waals surface area contributed by atoms with Gasteiger partial charge in [-0.05, 0) is 32.4 Å². The van der Waals surface area contributed by atoms with Gasteiger partial charge in [0.05, 0.1) is 26.0 Å². The predicted molar refractivity (Wildman–Crippen MR) is 111 cm³/mol. The highest BCUT2D eigenvalue weighted by Crippen LogP contribution is 2.45. The van der Waals surface area contributed by atoms with Gasteiger partial charge in [0.25, 0.3) is 0 Å². The first-order valence-electron chi connectivity index (χ1n) is 8.48. The van der Waals surface area contributed by atoms with Crippen LogP contribution in [0.5, 0.6) is 5.75 Å². The van der Waals surface area contributed by atoms with E-state index in [0.29, 0.717) is 3.92 Å². The third-order valence-electron chi connectivity index (χ3n) is 5.06. The van der Waals surface area contributed by atoms with E-state index >= 15 is 0 Å². The van der Waals surface area contributed by atoms with Crippen LogP contribution in [0.3, 0.4) is 0 Å². The minimum atomic E-state index is -0.200. The number of alkyl halides is 1. The Morgan fingerprint density at radius 2 is 1.52 bits per heavy atom. The van der Waals surface area contributed by atoms with Crippen molar-refractivity contribution in [1.29, 1.82) is 0 Å². The Hall–Kier alpha value is -1.95. The number of rotatable bonds is 0. The van der Waals surface area contributed by atoms with Crippen molar-refractivity contribution in [2.45, 2.75) is 29.8 Å². The number of benzene rings is 3. The smallest absolute Gasteiger partial charge is 0.133 e. The van der Waals surface area contributed by atoms with Crippen molar-refractivity contribution >= 4 is 55.4 Å². The monoisotopic (exact) mass is 440 g/mol. The lowest BCUT2D eigenvalue weighted by molar-refractivity contribution is 0.0992. The van der Waals surface area contributed by atoms with Crippen LogP contribution in [-0.4, -0.2) is 19.5 Å². The van der Waals surface area contributed by atoms with Gasteiger partial charge in [0, 0.05) is 16.3 Å². The topological polar surface area (TPSA) is 35.0 Å². The van der Waals surface area contributed by atoms with E-state index in [4.69, 9.17) is 14.7 Å². The van der Waals surface area contributed by atoms with Crippen LogP contribution in [-0.2, 0) is 6.42 Å². The summed E-state index contributed by atoms with van der Waals surface area (Å²) in [7, 11) is 0. The highest BCUT2D eigenvalue weighted by molar-refractivity contribution is 14.1. The van der Waals surface area contributed by atoms with E-state index < -0.39 is 0 Å². The van der Waals surface area contributed by atoms with Crippen LogP contribution < -0.4 is 4.74 Å². The van der Waals surface area contributed by atoms with Crippen LogP contribution >= 0.6 is 22.6 Å². The lowest BCUT2D eigenvalue weighted by Gasteiger charge is -2.38. The van der Waals surface area contributed by atoms with Gasteiger partial charge in [-0.15, -0.1) is 0 Å². The molecule has 1 unspecified atom stereocenters. The van der Waals surface area contributed by atoms with Gasteiger partial charge in [-0.1, -0.05) is 59.0 Å². The van der Waals surface area contributed by atoms with Gasteiger partial charge in [0.15, 0.2) is 0 Å². The number of fused-ring (bicyclic) bond motifs is 7. The Kier molecular flexibility index (Phi) is 3.23. The summed E-state index contributed by atoms with van der Waals surface area (Å²) in [6.45, 7) is 4.33. The lowest BCUT2D eigenvalue weighted by Crippen LogP contribution is -2.43. The molecule has 0 amide bonds. The molecule has 0 aliphatic carbocycles. The van der Waals surface area contributed by atoms with Crippen molar-refractivity contribution in [2.75, 3.05) is 0 Å². The molecular weight excluding hydrogens is 423 g/mol. The number of halogens is 1. The molecule has 1 aliphatic heterocycles. The first-order chi connectivity index (χ1) is 12.0. The molecule has 5 rings (SSSR count). The lowest BCUT2D eigenvalue weighted by atomic mass is 9.90. The number of aromatic nitrogens is 2. The highest BCUT2D eigenvalue weighted by atomic mass is 127. The second-order valence-corrected chi connectivity index (χ2v) is 8.64. The molecule has 124 valence electrons. The average molecular weight is 440 g/mol. The molecule has 3 aromatic carbocycles. The normalized spacial score (nSPS) is 19.1. The molecule has 0 radical (unpaired) electrons. The van der Waals surface area contributed by atoms with E-state index in [9.17, 15) is 0 Å². The zero-order chi connectivity index (χ0) is 17.2. The van der Waals surface area contributed by atoms with Crippen LogP contribution in [0.25, 0.3) is 32.8 Å². The third-order valence-corrected chi connectivity index (χ3v) is 7.00. The van der Waals surface area contributed by atoms with Gasteiger partial charge >= 0.3 is 0 Å². The van der Waals surface area contributed by atoms with E-state index in [-0.39, 0.29) is 5.60 Å². The summed E-state index contributed by atoms with van der Waals surface area (Å²) in [6, 6.07) is 16.4. The Morgan fingerprint density at radius 1 is 0.920 bits per heavy atom. The van der Waals surface area contributed by atoms with Gasteiger partial charge < -0.3 is 4.74 Å². The van der Waals surface area contributed by atoms with Crippen molar-refractivity contribution in [3.05, 3.63) is 54.1 Å². The van der Waals surface area contributed by atoms with Gasteiger partial charge in [-0.3, -0.25) is 0 Å². The highest BCUT2D eigenvalue weighted by Gasteiger charge is 2.37. The minimum Gasteiger partial charge on any atom is -0.486 e. The quantitative estimate of drug-likeness (QED) is 0.158. The maximum Gasteiger partial charge on any atom is 0.133 e. The van der Waals surface area contributed by atoms with Gasteiger partial charge in [0.1, 0.15) is 11.4 Å². The van der Waals surface area contributed by atoms with E-state index in [1.165, 1.54) is 5.56 Å². The molecule has 1 aromatic heterocycles. The van der Waals surface area contributed by atoms with Crippen LogP contribution in [0.4, 0.5) is 0 Å². The third kappa shape index (κ3) is 2.23. The van der Waals surface area contributed by atoms with Crippen LogP contribution in [0.1, 0.15) is 19.4 Å². The van der Waals surface area contributed by atoms with Gasteiger partial charge in [-0.2, -0.15) is 0 Å². The van der Waals surface area contributed by atoms with E-state index in [2.05, 4.69) is 60.7 Å². The summed E-state index contributed by atoms with van der Waals surface area (Å²) < 4.78 is 6.87. The van der Waals surface area contributed by atoms with E-state index in [1.807, 2.05) is 24.3 Å². The average Bonchev–Trinajstić information content (AvgIpc) is 2.62. The molecule has 0 N–H and O–H groups in total. The molecule has 2 heterocycles. The van der Waals surface area contributed by atoms with Crippen LogP contribution in [0, 0.1) is 0 Å². The summed E-state index contributed by atoms with van der Waals surface area (Å²) in [5, 5.41) is 2.24. The number of hydrogen-bond acceptors (Lipinski definition) is 3. The predicted octanol–water partition coefficient (Wildman–Crippen LogP) is 5.45. The first-order valence-corrected chi connectivity index (χ1v) is 9.72. The summed E-state index contributed by atoms with van der Waals surface area (Å²) in [6.07, 6.45) is 0.942. The molecule has 0 bridgehead atoms. The molecule has 1 atom stereocenters. The minimum absolute atomic E-state index is 0.200. The van der Waals surface area contributed by atoms with Crippen LogP contribution in [0.15, 0.2) is 48.5 Å². The van der Waals surface area contributed by atoms with Crippen molar-refractivity contribution in [3.63, 3.8) is 0 Å². The maximum atomic E-state index is 6.49. The second-order valence-electron chi connectivity index (χ2n) is 7.14. The van der Waals surface area contributed by atoms with Crippen molar-refractivity contribution < 1.29 is 4.74 Å². The van der Waals surface area contributed by atoms with Gasteiger partial charge in [0.2, 0.25) is 0 Å². The number of nitrogens with zero attached hydrogens (tertiary/aromatic N) is 2. The fourth-order valence-corrected chi connectivity index (χ4v) is 4.18. The second kappa shape index (κ2) is 5.27. The van der Waals surface area contributed by atoms with Crippen molar-refractivity contribution in [3.8, 4) is 5.75 Å². The van der Waals surface area contributed by atoms with Crippen LogP contribution in [0.2, 0.25) is 0 Å². The zero-order valence-corrected chi connectivity index (χ0v) is 16.2. The zero-order valence-electron chi connectivity index (χ0n) is 14.1. The molecule has 3 nitrogen and oxygen atoms in total. The Balaban J connectivity index is 1.98. The summed E-state index contributed by atoms with van der Waals surface area (Å²) in [5.41, 5.74) is 4.80. The largest absolute Gasteiger partial charge is 0.486 e. The fourth-order valence-electron chi connectivity index (χ4n) is 3.61. The Morgan fingerprint density at radius 3 is 2.24 bits per heavy atom. The number of hydrogen-bond donors (Lipinski definition) is 0. The fraction of sp³-hybridized carbons (Fsp3) is 0.238. The molecule has 0 saturated carbocycles. The molecule has 0 spiro atoms. The molecule has 0 saturated heterocycles.